The lowest BCUT2D eigenvalue weighted by Gasteiger charge is -2.23. The number of rotatable bonds is 6. The summed E-state index contributed by atoms with van der Waals surface area (Å²) in [5.41, 5.74) is 1.70. The SMILES string of the molecule is Cc1ccn(CC2CCCNC2)c(=O)c1C(=O)NCCc1ccccc1Cl. The smallest absolute Gasteiger partial charge is 0.263 e. The predicted octanol–water partition coefficient (Wildman–Crippen LogP) is 2.78. The molecule has 1 amide bonds. The van der Waals surface area contributed by atoms with Gasteiger partial charge in [-0.1, -0.05) is 29.8 Å². The minimum absolute atomic E-state index is 0.212. The molecule has 3 rings (SSSR count). The molecule has 1 aliphatic rings. The van der Waals surface area contributed by atoms with Gasteiger partial charge in [-0.05, 0) is 68.5 Å². The van der Waals surface area contributed by atoms with E-state index in [2.05, 4.69) is 10.6 Å². The molecule has 2 aromatic rings. The summed E-state index contributed by atoms with van der Waals surface area (Å²) in [5.74, 6) is 0.107. The Balaban J connectivity index is 1.67. The third-order valence-electron chi connectivity index (χ3n) is 5.09. The van der Waals surface area contributed by atoms with E-state index in [-0.39, 0.29) is 17.0 Å². The average molecular weight is 388 g/mol. The zero-order valence-electron chi connectivity index (χ0n) is 15.6. The van der Waals surface area contributed by atoms with Gasteiger partial charge in [-0.25, -0.2) is 0 Å². The molecule has 0 aliphatic carbocycles. The summed E-state index contributed by atoms with van der Waals surface area (Å²) in [6.45, 7) is 4.84. The van der Waals surface area contributed by atoms with Gasteiger partial charge in [0.05, 0.1) is 0 Å². The van der Waals surface area contributed by atoms with Crippen molar-refractivity contribution < 1.29 is 4.79 Å². The van der Waals surface area contributed by atoms with Gasteiger partial charge in [0.1, 0.15) is 5.56 Å². The molecule has 1 aliphatic heterocycles. The summed E-state index contributed by atoms with van der Waals surface area (Å²) in [7, 11) is 0. The van der Waals surface area contributed by atoms with Crippen molar-refractivity contribution in [2.24, 2.45) is 5.92 Å². The fraction of sp³-hybridized carbons (Fsp3) is 0.429. The number of hydrogen-bond acceptors (Lipinski definition) is 3. The molecule has 1 aromatic carbocycles. The molecule has 1 aromatic heterocycles. The van der Waals surface area contributed by atoms with E-state index in [1.165, 1.54) is 0 Å². The first kappa shape index (κ1) is 19.6. The zero-order valence-corrected chi connectivity index (χ0v) is 16.4. The van der Waals surface area contributed by atoms with E-state index in [0.717, 1.165) is 31.5 Å². The van der Waals surface area contributed by atoms with E-state index >= 15 is 0 Å². The molecule has 1 atom stereocenters. The van der Waals surface area contributed by atoms with Crippen LogP contribution in [0.25, 0.3) is 0 Å². The van der Waals surface area contributed by atoms with Crippen LogP contribution in [0.3, 0.4) is 0 Å². The van der Waals surface area contributed by atoms with Gasteiger partial charge in [0, 0.05) is 24.3 Å². The number of halogens is 1. The largest absolute Gasteiger partial charge is 0.352 e. The number of nitrogens with zero attached hydrogens (tertiary/aromatic N) is 1. The minimum Gasteiger partial charge on any atom is -0.352 e. The van der Waals surface area contributed by atoms with Crippen LogP contribution < -0.4 is 16.2 Å². The van der Waals surface area contributed by atoms with E-state index < -0.39 is 0 Å². The van der Waals surface area contributed by atoms with Gasteiger partial charge in [-0.2, -0.15) is 0 Å². The zero-order chi connectivity index (χ0) is 19.2. The fourth-order valence-corrected chi connectivity index (χ4v) is 3.77. The lowest BCUT2D eigenvalue weighted by molar-refractivity contribution is 0.0951. The van der Waals surface area contributed by atoms with Crippen molar-refractivity contribution in [3.8, 4) is 0 Å². The molecule has 0 bridgehead atoms. The second kappa shape index (κ2) is 9.20. The number of aryl methyl sites for hydroxylation is 1. The summed E-state index contributed by atoms with van der Waals surface area (Å²) >= 11 is 6.15. The van der Waals surface area contributed by atoms with Crippen LogP contribution in [0, 0.1) is 12.8 Å². The summed E-state index contributed by atoms with van der Waals surface area (Å²) in [4.78, 5) is 25.5. The Morgan fingerprint density at radius 2 is 2.15 bits per heavy atom. The Hall–Kier alpha value is -2.11. The molecule has 0 saturated carbocycles. The van der Waals surface area contributed by atoms with Crippen LogP contribution >= 0.6 is 11.6 Å². The van der Waals surface area contributed by atoms with E-state index in [1.54, 1.807) is 17.7 Å². The van der Waals surface area contributed by atoms with Gasteiger partial charge in [-0.15, -0.1) is 0 Å². The molecule has 144 valence electrons. The molecule has 1 fully saturated rings. The third-order valence-corrected chi connectivity index (χ3v) is 5.46. The highest BCUT2D eigenvalue weighted by Crippen LogP contribution is 2.15. The highest BCUT2D eigenvalue weighted by atomic mass is 35.5. The average Bonchev–Trinajstić information content (AvgIpc) is 2.66. The lowest BCUT2D eigenvalue weighted by Crippen LogP contribution is -2.38. The molecule has 2 heterocycles. The molecule has 1 saturated heterocycles. The Kier molecular flexibility index (Phi) is 6.69. The normalized spacial score (nSPS) is 16.9. The van der Waals surface area contributed by atoms with Gasteiger partial charge in [0.15, 0.2) is 0 Å². The van der Waals surface area contributed by atoms with Gasteiger partial charge in [0.25, 0.3) is 11.5 Å². The number of nitrogens with one attached hydrogen (secondary N) is 2. The maximum absolute atomic E-state index is 12.9. The van der Waals surface area contributed by atoms with Crippen molar-refractivity contribution in [2.75, 3.05) is 19.6 Å². The molecule has 2 N–H and O–H groups in total. The molecule has 27 heavy (non-hydrogen) atoms. The second-order valence-corrected chi connectivity index (χ2v) is 7.55. The fourth-order valence-electron chi connectivity index (χ4n) is 3.54. The molecular formula is C21H26ClN3O2. The van der Waals surface area contributed by atoms with Crippen LogP contribution in [0.5, 0.6) is 0 Å². The molecule has 5 nitrogen and oxygen atoms in total. The number of amides is 1. The molecule has 0 spiro atoms. The molecule has 6 heteroatoms. The maximum atomic E-state index is 12.9. The summed E-state index contributed by atoms with van der Waals surface area (Å²) in [6.07, 6.45) is 4.65. The van der Waals surface area contributed by atoms with Gasteiger partial charge < -0.3 is 15.2 Å². The maximum Gasteiger partial charge on any atom is 0.263 e. The monoisotopic (exact) mass is 387 g/mol. The van der Waals surface area contributed by atoms with Crippen LogP contribution in [0.2, 0.25) is 5.02 Å². The first-order valence-electron chi connectivity index (χ1n) is 9.48. The summed E-state index contributed by atoms with van der Waals surface area (Å²) in [5, 5.41) is 6.92. The molecule has 1 unspecified atom stereocenters. The topological polar surface area (TPSA) is 63.1 Å². The molecule has 0 radical (unpaired) electrons. The van der Waals surface area contributed by atoms with Crippen molar-refractivity contribution in [1.29, 1.82) is 0 Å². The summed E-state index contributed by atoms with van der Waals surface area (Å²) < 4.78 is 1.67. The number of pyridine rings is 1. The minimum atomic E-state index is -0.319. The standard InChI is InChI=1S/C21H26ClN3O2/c1-15-9-12-25(14-16-5-4-10-23-13-16)21(27)19(15)20(26)24-11-8-17-6-2-3-7-18(17)22/h2-3,6-7,9,12,16,23H,4-5,8,10-11,13-14H2,1H3,(H,24,26). The first-order chi connectivity index (χ1) is 13.1. The van der Waals surface area contributed by atoms with Crippen molar-refractivity contribution in [3.05, 3.63) is 68.6 Å². The van der Waals surface area contributed by atoms with Crippen LogP contribution in [0.4, 0.5) is 0 Å². The van der Waals surface area contributed by atoms with Crippen LogP contribution in [0.15, 0.2) is 41.3 Å². The highest BCUT2D eigenvalue weighted by molar-refractivity contribution is 6.31. The lowest BCUT2D eigenvalue weighted by atomic mass is 9.99. The quantitative estimate of drug-likeness (QED) is 0.801. The third kappa shape index (κ3) is 4.99. The molecular weight excluding hydrogens is 362 g/mol. The van der Waals surface area contributed by atoms with Crippen molar-refractivity contribution >= 4 is 17.5 Å². The van der Waals surface area contributed by atoms with Gasteiger partial charge in [-0.3, -0.25) is 9.59 Å². The van der Waals surface area contributed by atoms with E-state index in [1.807, 2.05) is 30.3 Å². The Morgan fingerprint density at radius 1 is 1.33 bits per heavy atom. The first-order valence-corrected chi connectivity index (χ1v) is 9.86. The Bertz CT molecular complexity index is 857. The van der Waals surface area contributed by atoms with Crippen LogP contribution in [-0.4, -0.2) is 30.1 Å². The second-order valence-electron chi connectivity index (χ2n) is 7.14. The number of carbonyl (C=O) groups is 1. The van der Waals surface area contributed by atoms with Crippen LogP contribution in [-0.2, 0) is 13.0 Å². The Labute approximate surface area is 164 Å². The van der Waals surface area contributed by atoms with E-state index in [4.69, 9.17) is 11.6 Å². The number of hydrogen-bond donors (Lipinski definition) is 2. The number of aromatic nitrogens is 1. The van der Waals surface area contributed by atoms with E-state index in [9.17, 15) is 9.59 Å². The highest BCUT2D eigenvalue weighted by Gasteiger charge is 2.19. The number of benzene rings is 1. The van der Waals surface area contributed by atoms with Crippen molar-refractivity contribution in [3.63, 3.8) is 0 Å². The van der Waals surface area contributed by atoms with E-state index in [0.29, 0.717) is 36.0 Å². The van der Waals surface area contributed by atoms with Crippen molar-refractivity contribution in [2.45, 2.75) is 32.7 Å². The van der Waals surface area contributed by atoms with Gasteiger partial charge >= 0.3 is 0 Å². The number of piperidine rings is 1. The Morgan fingerprint density at radius 3 is 2.89 bits per heavy atom. The van der Waals surface area contributed by atoms with Gasteiger partial charge in [0.2, 0.25) is 0 Å². The van der Waals surface area contributed by atoms with Crippen LogP contribution in [0.1, 0.15) is 34.3 Å². The predicted molar refractivity (Wildman–Crippen MR) is 109 cm³/mol. The van der Waals surface area contributed by atoms with Crippen molar-refractivity contribution in [1.82, 2.24) is 15.2 Å². The summed E-state index contributed by atoms with van der Waals surface area (Å²) in [6, 6.07) is 9.41. The number of carbonyl (C=O) groups excluding carboxylic acids is 1.